The molecule has 0 saturated carbocycles. The van der Waals surface area contributed by atoms with Crippen LogP contribution in [0, 0.1) is 0 Å². The second-order valence-corrected chi connectivity index (χ2v) is 3.16. The Morgan fingerprint density at radius 1 is 1.64 bits per heavy atom. The highest BCUT2D eigenvalue weighted by molar-refractivity contribution is 6.29. The Hall–Kier alpha value is -1.42. The zero-order valence-electron chi connectivity index (χ0n) is 7.40. The Kier molecular flexibility index (Phi) is 2.21. The van der Waals surface area contributed by atoms with Crippen molar-refractivity contribution in [1.82, 2.24) is 4.98 Å². The lowest BCUT2D eigenvalue weighted by Crippen LogP contribution is -2.22. The van der Waals surface area contributed by atoms with E-state index in [1.54, 1.807) is 18.3 Å². The number of ether oxygens (including phenoxy) is 1. The van der Waals surface area contributed by atoms with Crippen molar-refractivity contribution in [2.75, 3.05) is 7.11 Å². The van der Waals surface area contributed by atoms with Crippen LogP contribution in [-0.2, 0) is 9.53 Å². The first-order valence-corrected chi connectivity index (χ1v) is 4.38. The van der Waals surface area contributed by atoms with Crippen LogP contribution in [0.4, 0.5) is 0 Å². The van der Waals surface area contributed by atoms with Gasteiger partial charge in [-0.25, -0.2) is 9.78 Å². The zero-order valence-corrected chi connectivity index (χ0v) is 8.15. The molecule has 2 rings (SSSR count). The van der Waals surface area contributed by atoms with Gasteiger partial charge >= 0.3 is 5.97 Å². The molecule has 0 N–H and O–H groups in total. The zero-order chi connectivity index (χ0) is 10.1. The van der Waals surface area contributed by atoms with Crippen molar-refractivity contribution in [3.8, 4) is 0 Å². The Balaban J connectivity index is 2.54. The highest BCUT2D eigenvalue weighted by atomic mass is 35.5. The van der Waals surface area contributed by atoms with Crippen molar-refractivity contribution in [1.29, 1.82) is 0 Å². The number of pyridine rings is 1. The number of carbonyl (C=O) groups excluding carboxylic acids is 1. The summed E-state index contributed by atoms with van der Waals surface area (Å²) in [4.78, 5) is 19.2. The Bertz CT molecular complexity index is 498. The lowest BCUT2D eigenvalue weighted by Gasteiger charge is -1.99. The Morgan fingerprint density at radius 2 is 2.43 bits per heavy atom. The summed E-state index contributed by atoms with van der Waals surface area (Å²) in [6.45, 7) is 0. The lowest BCUT2D eigenvalue weighted by atomic mass is 10.3. The first-order chi connectivity index (χ1) is 6.72. The van der Waals surface area contributed by atoms with Gasteiger partial charge in [0.1, 0.15) is 5.15 Å². The first-order valence-electron chi connectivity index (χ1n) is 4.00. The third-order valence-electron chi connectivity index (χ3n) is 1.96. The molecule has 1 aromatic heterocycles. The van der Waals surface area contributed by atoms with Crippen LogP contribution < -0.4 is 10.6 Å². The molecule has 0 unspecified atom stereocenters. The van der Waals surface area contributed by atoms with E-state index in [9.17, 15) is 4.79 Å². The van der Waals surface area contributed by atoms with E-state index in [0.29, 0.717) is 15.7 Å². The van der Waals surface area contributed by atoms with E-state index in [2.05, 4.69) is 14.7 Å². The summed E-state index contributed by atoms with van der Waals surface area (Å²) in [6, 6.07) is 1.12. The minimum atomic E-state index is -0.586. The SMILES string of the molecule is COC(=O)[C@H]1C=c2c(Cl)nccc2=N1. The molecule has 0 saturated heterocycles. The highest BCUT2D eigenvalue weighted by Crippen LogP contribution is 2.01. The number of esters is 1. The van der Waals surface area contributed by atoms with Crippen molar-refractivity contribution in [2.24, 2.45) is 4.99 Å². The molecule has 0 radical (unpaired) electrons. The van der Waals surface area contributed by atoms with Crippen LogP contribution >= 0.6 is 11.6 Å². The fourth-order valence-corrected chi connectivity index (χ4v) is 1.51. The van der Waals surface area contributed by atoms with Crippen LogP contribution in [0.2, 0.25) is 5.15 Å². The quantitative estimate of drug-likeness (QED) is 0.472. The third kappa shape index (κ3) is 1.37. The minimum Gasteiger partial charge on any atom is -0.467 e. The minimum absolute atomic E-state index is 0.359. The van der Waals surface area contributed by atoms with Crippen molar-refractivity contribution >= 4 is 23.6 Å². The second kappa shape index (κ2) is 3.38. The molecule has 1 aromatic rings. The predicted molar refractivity (Wildman–Crippen MR) is 50.3 cm³/mol. The van der Waals surface area contributed by atoms with Gasteiger partial charge in [-0.2, -0.15) is 0 Å². The molecule has 1 atom stereocenters. The summed E-state index contributed by atoms with van der Waals surface area (Å²) in [6.07, 6.45) is 3.20. The van der Waals surface area contributed by atoms with Crippen LogP contribution in [-0.4, -0.2) is 24.1 Å². The molecule has 1 aliphatic rings. The highest BCUT2D eigenvalue weighted by Gasteiger charge is 2.19. The van der Waals surface area contributed by atoms with Crippen molar-refractivity contribution in [3.05, 3.63) is 28.0 Å². The van der Waals surface area contributed by atoms with E-state index in [0.717, 1.165) is 0 Å². The van der Waals surface area contributed by atoms with Gasteiger partial charge in [0, 0.05) is 11.4 Å². The van der Waals surface area contributed by atoms with E-state index >= 15 is 0 Å². The summed E-state index contributed by atoms with van der Waals surface area (Å²) in [5, 5.41) is 1.74. The molecule has 0 amide bonds. The Morgan fingerprint density at radius 3 is 3.07 bits per heavy atom. The average molecular weight is 211 g/mol. The molecule has 0 spiro atoms. The van der Waals surface area contributed by atoms with Crippen LogP contribution in [0.1, 0.15) is 0 Å². The van der Waals surface area contributed by atoms with Crippen LogP contribution in [0.15, 0.2) is 17.3 Å². The van der Waals surface area contributed by atoms with Crippen molar-refractivity contribution in [2.45, 2.75) is 6.04 Å². The van der Waals surface area contributed by atoms with Gasteiger partial charge in [-0.3, -0.25) is 4.99 Å². The maximum atomic E-state index is 11.2. The maximum Gasteiger partial charge on any atom is 0.334 e. The van der Waals surface area contributed by atoms with Gasteiger partial charge in [0.2, 0.25) is 0 Å². The number of nitrogens with zero attached hydrogens (tertiary/aromatic N) is 2. The molecule has 0 bridgehead atoms. The fraction of sp³-hybridized carbons (Fsp3) is 0.222. The second-order valence-electron chi connectivity index (χ2n) is 2.80. The van der Waals surface area contributed by atoms with E-state index in [1.165, 1.54) is 7.11 Å². The molecule has 5 heteroatoms. The molecular formula is C9H7ClN2O2. The standard InChI is InChI=1S/C9H7ClN2O2/c1-14-9(13)7-4-5-6(12-7)2-3-11-8(5)10/h2-4,7H,1H3/t7-/m1/s1. The molecule has 4 nitrogen and oxygen atoms in total. The maximum absolute atomic E-state index is 11.2. The van der Waals surface area contributed by atoms with E-state index in [4.69, 9.17) is 11.6 Å². The van der Waals surface area contributed by atoms with Gasteiger partial charge in [-0.05, 0) is 12.1 Å². The predicted octanol–water partition coefficient (Wildman–Crippen LogP) is -0.310. The van der Waals surface area contributed by atoms with Gasteiger partial charge in [0.15, 0.2) is 6.04 Å². The fourth-order valence-electron chi connectivity index (χ4n) is 1.29. The summed E-state index contributed by atoms with van der Waals surface area (Å²) in [5.74, 6) is -0.391. The van der Waals surface area contributed by atoms with Gasteiger partial charge < -0.3 is 4.74 Å². The number of rotatable bonds is 1. The number of hydrogen-bond acceptors (Lipinski definition) is 4. The molecule has 1 aliphatic heterocycles. The summed E-state index contributed by atoms with van der Waals surface area (Å²) in [5.41, 5.74) is 0. The van der Waals surface area contributed by atoms with E-state index < -0.39 is 12.0 Å². The molecule has 14 heavy (non-hydrogen) atoms. The molecule has 2 heterocycles. The summed E-state index contributed by atoms with van der Waals surface area (Å²) < 4.78 is 4.58. The van der Waals surface area contributed by atoms with E-state index in [-0.39, 0.29) is 0 Å². The average Bonchev–Trinajstić information content (AvgIpc) is 2.62. The van der Waals surface area contributed by atoms with Gasteiger partial charge in [-0.1, -0.05) is 11.6 Å². The molecule has 0 fully saturated rings. The molecule has 72 valence electrons. The van der Waals surface area contributed by atoms with Crippen molar-refractivity contribution < 1.29 is 9.53 Å². The van der Waals surface area contributed by atoms with Gasteiger partial charge in [-0.15, -0.1) is 0 Å². The lowest BCUT2D eigenvalue weighted by molar-refractivity contribution is -0.140. The smallest absolute Gasteiger partial charge is 0.334 e. The summed E-state index contributed by atoms with van der Waals surface area (Å²) >= 11 is 5.83. The number of halogens is 1. The van der Waals surface area contributed by atoms with Gasteiger partial charge in [0.25, 0.3) is 0 Å². The number of carbonyl (C=O) groups is 1. The number of aromatic nitrogens is 1. The molecular weight excluding hydrogens is 204 g/mol. The van der Waals surface area contributed by atoms with Crippen LogP contribution in [0.5, 0.6) is 0 Å². The first kappa shape index (κ1) is 9.15. The third-order valence-corrected chi connectivity index (χ3v) is 2.27. The van der Waals surface area contributed by atoms with Gasteiger partial charge in [0.05, 0.1) is 12.5 Å². The number of hydrogen-bond donors (Lipinski definition) is 0. The topological polar surface area (TPSA) is 51.5 Å². The molecule has 0 aromatic carbocycles. The number of methoxy groups -OCH3 is 1. The Labute approximate surface area is 84.9 Å². The monoisotopic (exact) mass is 210 g/mol. The number of fused-ring (bicyclic) bond motifs is 1. The summed E-state index contributed by atoms with van der Waals surface area (Å²) in [7, 11) is 1.33. The van der Waals surface area contributed by atoms with Crippen LogP contribution in [0.25, 0.3) is 6.08 Å². The van der Waals surface area contributed by atoms with Crippen LogP contribution in [0.3, 0.4) is 0 Å². The normalized spacial score (nSPS) is 18.0. The van der Waals surface area contributed by atoms with Crippen molar-refractivity contribution in [3.63, 3.8) is 0 Å². The largest absolute Gasteiger partial charge is 0.467 e. The molecule has 0 aliphatic carbocycles. The van der Waals surface area contributed by atoms with E-state index in [1.807, 2.05) is 0 Å².